The molecular formula is C10H12N2O2. The van der Waals surface area contributed by atoms with Crippen molar-refractivity contribution >= 4 is 5.97 Å². The number of carbonyl (C=O) groups is 1. The molecule has 1 aliphatic carbocycles. The van der Waals surface area contributed by atoms with Crippen molar-refractivity contribution in [3.05, 3.63) is 23.3 Å². The van der Waals surface area contributed by atoms with Gasteiger partial charge in [0.25, 0.3) is 0 Å². The maximum absolute atomic E-state index is 10.4. The molecule has 0 radical (unpaired) electrons. The average Bonchev–Trinajstić information content (AvgIpc) is 2.61. The molecule has 2 rings (SSSR count). The lowest BCUT2D eigenvalue weighted by Gasteiger charge is -2.00. The molecule has 0 saturated carbocycles. The lowest BCUT2D eigenvalue weighted by atomic mass is 10.2. The first-order valence-electron chi connectivity index (χ1n) is 4.81. The van der Waals surface area contributed by atoms with Gasteiger partial charge in [-0.25, -0.2) is 9.97 Å². The van der Waals surface area contributed by atoms with E-state index in [4.69, 9.17) is 5.11 Å². The smallest absolute Gasteiger partial charge is 0.303 e. The zero-order chi connectivity index (χ0) is 9.97. The zero-order valence-corrected chi connectivity index (χ0v) is 7.86. The van der Waals surface area contributed by atoms with Crippen molar-refractivity contribution < 1.29 is 9.90 Å². The van der Waals surface area contributed by atoms with Gasteiger partial charge in [0.15, 0.2) is 0 Å². The summed E-state index contributed by atoms with van der Waals surface area (Å²) in [7, 11) is 0. The molecule has 0 aliphatic heterocycles. The molecule has 1 aromatic heterocycles. The number of rotatable bonds is 3. The highest BCUT2D eigenvalue weighted by Crippen LogP contribution is 2.18. The van der Waals surface area contributed by atoms with Gasteiger partial charge in [0.05, 0.1) is 6.42 Å². The van der Waals surface area contributed by atoms with E-state index in [-0.39, 0.29) is 6.42 Å². The van der Waals surface area contributed by atoms with Crippen LogP contribution < -0.4 is 0 Å². The van der Waals surface area contributed by atoms with Crippen molar-refractivity contribution in [1.29, 1.82) is 0 Å². The van der Waals surface area contributed by atoms with Crippen LogP contribution in [-0.2, 0) is 24.1 Å². The fraction of sp³-hybridized carbons (Fsp3) is 0.500. The highest BCUT2D eigenvalue weighted by molar-refractivity contribution is 5.66. The van der Waals surface area contributed by atoms with E-state index >= 15 is 0 Å². The molecule has 0 unspecified atom stereocenters. The minimum absolute atomic E-state index is 0.110. The topological polar surface area (TPSA) is 63.1 Å². The number of aromatic nitrogens is 2. The van der Waals surface area contributed by atoms with Crippen LogP contribution in [0.4, 0.5) is 0 Å². The zero-order valence-electron chi connectivity index (χ0n) is 7.86. The Balaban J connectivity index is 2.09. The number of hydrogen-bond acceptors (Lipinski definition) is 3. The van der Waals surface area contributed by atoms with Crippen molar-refractivity contribution in [3.63, 3.8) is 0 Å². The van der Waals surface area contributed by atoms with Gasteiger partial charge >= 0.3 is 5.97 Å². The summed E-state index contributed by atoms with van der Waals surface area (Å²) in [6, 6.07) is 0. The summed E-state index contributed by atoms with van der Waals surface area (Å²) in [6.07, 6.45) is 5.60. The summed E-state index contributed by atoms with van der Waals surface area (Å²) in [6.45, 7) is 0. The van der Waals surface area contributed by atoms with Crippen molar-refractivity contribution in [1.82, 2.24) is 9.97 Å². The maximum Gasteiger partial charge on any atom is 0.303 e. The Kier molecular flexibility index (Phi) is 2.43. The highest BCUT2D eigenvalue weighted by atomic mass is 16.4. The molecule has 4 nitrogen and oxygen atoms in total. The Labute approximate surface area is 82.0 Å². The summed E-state index contributed by atoms with van der Waals surface area (Å²) < 4.78 is 0. The third kappa shape index (κ3) is 1.89. The minimum Gasteiger partial charge on any atom is -0.481 e. The molecule has 0 atom stereocenters. The molecule has 0 spiro atoms. The van der Waals surface area contributed by atoms with E-state index in [1.807, 2.05) is 6.20 Å². The van der Waals surface area contributed by atoms with Gasteiger partial charge in [-0.3, -0.25) is 4.79 Å². The number of carboxylic acids is 1. The lowest BCUT2D eigenvalue weighted by molar-refractivity contribution is -0.137. The SMILES string of the molecule is O=C(O)CCc1ncc2c(n1)CCC2. The van der Waals surface area contributed by atoms with Crippen LogP contribution in [0.15, 0.2) is 6.20 Å². The third-order valence-corrected chi connectivity index (χ3v) is 2.43. The maximum atomic E-state index is 10.4. The number of nitrogens with zero attached hydrogens (tertiary/aromatic N) is 2. The molecule has 4 heteroatoms. The second-order valence-corrected chi connectivity index (χ2v) is 3.51. The second kappa shape index (κ2) is 3.74. The molecule has 1 heterocycles. The summed E-state index contributed by atoms with van der Waals surface area (Å²) in [4.78, 5) is 18.8. The van der Waals surface area contributed by atoms with Crippen LogP contribution in [0.2, 0.25) is 0 Å². The van der Waals surface area contributed by atoms with Gasteiger partial charge in [0, 0.05) is 18.3 Å². The number of hydrogen-bond donors (Lipinski definition) is 1. The van der Waals surface area contributed by atoms with E-state index in [9.17, 15) is 4.79 Å². The Morgan fingerprint density at radius 2 is 2.36 bits per heavy atom. The molecule has 74 valence electrons. The Hall–Kier alpha value is -1.45. The van der Waals surface area contributed by atoms with Crippen molar-refractivity contribution in [2.75, 3.05) is 0 Å². The molecule has 0 bridgehead atoms. The van der Waals surface area contributed by atoms with Gasteiger partial charge in [0.1, 0.15) is 5.82 Å². The predicted octanol–water partition coefficient (Wildman–Crippen LogP) is 0.983. The lowest BCUT2D eigenvalue weighted by Crippen LogP contribution is -2.03. The Morgan fingerprint density at radius 3 is 3.14 bits per heavy atom. The monoisotopic (exact) mass is 192 g/mol. The molecule has 0 amide bonds. The second-order valence-electron chi connectivity index (χ2n) is 3.51. The number of aliphatic carboxylic acids is 1. The van der Waals surface area contributed by atoms with E-state index in [0.29, 0.717) is 12.2 Å². The highest BCUT2D eigenvalue weighted by Gasteiger charge is 2.13. The van der Waals surface area contributed by atoms with Crippen LogP contribution in [0.3, 0.4) is 0 Å². The molecule has 1 N–H and O–H groups in total. The van der Waals surface area contributed by atoms with Crippen molar-refractivity contribution in [3.8, 4) is 0 Å². The molecule has 1 aliphatic rings. The van der Waals surface area contributed by atoms with Gasteiger partial charge in [-0.15, -0.1) is 0 Å². The number of aryl methyl sites for hydroxylation is 3. The van der Waals surface area contributed by atoms with Crippen LogP contribution in [0, 0.1) is 0 Å². The quantitative estimate of drug-likeness (QED) is 0.775. The standard InChI is InChI=1S/C10H12N2O2/c13-10(14)5-4-9-11-6-7-2-1-3-8(7)12-9/h6H,1-5H2,(H,13,14). The van der Waals surface area contributed by atoms with E-state index < -0.39 is 5.97 Å². The van der Waals surface area contributed by atoms with E-state index in [1.165, 1.54) is 5.56 Å². The van der Waals surface area contributed by atoms with Gasteiger partial charge in [-0.1, -0.05) is 0 Å². The van der Waals surface area contributed by atoms with Gasteiger partial charge in [0.2, 0.25) is 0 Å². The third-order valence-electron chi connectivity index (χ3n) is 2.43. The Bertz CT molecular complexity index is 363. The molecule has 1 aromatic rings. The Morgan fingerprint density at radius 1 is 1.50 bits per heavy atom. The first-order valence-corrected chi connectivity index (χ1v) is 4.81. The average molecular weight is 192 g/mol. The number of carboxylic acid groups (broad SMARTS) is 1. The van der Waals surface area contributed by atoms with Crippen LogP contribution in [-0.4, -0.2) is 21.0 Å². The van der Waals surface area contributed by atoms with Crippen molar-refractivity contribution in [2.24, 2.45) is 0 Å². The van der Waals surface area contributed by atoms with Crippen LogP contribution in [0.5, 0.6) is 0 Å². The molecule has 0 saturated heterocycles. The minimum atomic E-state index is -0.797. The normalized spacial score (nSPS) is 14.0. The summed E-state index contributed by atoms with van der Waals surface area (Å²) >= 11 is 0. The summed E-state index contributed by atoms with van der Waals surface area (Å²) in [5.74, 6) is -0.137. The van der Waals surface area contributed by atoms with Gasteiger partial charge in [-0.2, -0.15) is 0 Å². The van der Waals surface area contributed by atoms with Gasteiger partial charge < -0.3 is 5.11 Å². The molecule has 14 heavy (non-hydrogen) atoms. The fourth-order valence-corrected chi connectivity index (χ4v) is 1.69. The van der Waals surface area contributed by atoms with E-state index in [0.717, 1.165) is 25.0 Å². The first kappa shape index (κ1) is 9.12. The fourth-order valence-electron chi connectivity index (χ4n) is 1.69. The van der Waals surface area contributed by atoms with Crippen LogP contribution in [0.1, 0.15) is 29.9 Å². The molecular weight excluding hydrogens is 180 g/mol. The van der Waals surface area contributed by atoms with Gasteiger partial charge in [-0.05, 0) is 24.8 Å². The summed E-state index contributed by atoms with van der Waals surface area (Å²) in [5, 5.41) is 8.51. The van der Waals surface area contributed by atoms with Crippen LogP contribution in [0.25, 0.3) is 0 Å². The largest absolute Gasteiger partial charge is 0.481 e. The van der Waals surface area contributed by atoms with E-state index in [2.05, 4.69) is 9.97 Å². The van der Waals surface area contributed by atoms with E-state index in [1.54, 1.807) is 0 Å². The van der Waals surface area contributed by atoms with Crippen molar-refractivity contribution in [2.45, 2.75) is 32.1 Å². The predicted molar refractivity (Wildman–Crippen MR) is 50.0 cm³/mol. The van der Waals surface area contributed by atoms with Crippen LogP contribution >= 0.6 is 0 Å². The molecule has 0 aromatic carbocycles. The number of fused-ring (bicyclic) bond motifs is 1. The molecule has 0 fully saturated rings. The summed E-state index contributed by atoms with van der Waals surface area (Å²) in [5.41, 5.74) is 2.34. The first-order chi connectivity index (χ1) is 6.75.